The van der Waals surface area contributed by atoms with Gasteiger partial charge in [-0.15, -0.1) is 0 Å². The molecule has 6 nitrogen and oxygen atoms in total. The average Bonchev–Trinajstić information content (AvgIpc) is 2.38. The lowest BCUT2D eigenvalue weighted by Gasteiger charge is -2.12. The van der Waals surface area contributed by atoms with E-state index in [4.69, 9.17) is 15.2 Å². The monoisotopic (exact) mass is 266 g/mol. The first-order chi connectivity index (χ1) is 8.97. The minimum absolute atomic E-state index is 0.137. The molecule has 3 N–H and O–H groups in total. The highest BCUT2D eigenvalue weighted by molar-refractivity contribution is 5.87. The highest BCUT2D eigenvalue weighted by atomic mass is 16.5. The van der Waals surface area contributed by atoms with Gasteiger partial charge < -0.3 is 20.5 Å². The van der Waals surface area contributed by atoms with Crippen LogP contribution in [0, 0.1) is 0 Å². The number of amides is 2. The fourth-order valence-electron chi connectivity index (χ4n) is 1.54. The molecule has 0 fully saturated rings. The highest BCUT2D eigenvalue weighted by Crippen LogP contribution is 2.27. The number of ether oxygens (including phenoxy) is 2. The zero-order valence-electron chi connectivity index (χ0n) is 11.2. The van der Waals surface area contributed by atoms with E-state index in [1.54, 1.807) is 25.3 Å². The first-order valence-electron chi connectivity index (χ1n) is 5.77. The number of primary amides is 1. The van der Waals surface area contributed by atoms with Crippen LogP contribution in [0.5, 0.6) is 11.5 Å². The normalized spacial score (nSPS) is 11.5. The van der Waals surface area contributed by atoms with Gasteiger partial charge in [0, 0.05) is 0 Å². The standard InChI is InChI=1S/C13H18N2O4/c1-8(13(14)17)15-12(16)7-9-4-5-10(18-2)11(6-9)19-3/h4-6,8H,7H2,1-3H3,(H2,14,17)(H,15,16). The summed E-state index contributed by atoms with van der Waals surface area (Å²) in [5, 5.41) is 2.51. The molecule has 19 heavy (non-hydrogen) atoms. The van der Waals surface area contributed by atoms with E-state index in [-0.39, 0.29) is 12.3 Å². The minimum atomic E-state index is -0.687. The van der Waals surface area contributed by atoms with Crippen LogP contribution in [0.2, 0.25) is 0 Å². The highest BCUT2D eigenvalue weighted by Gasteiger charge is 2.13. The van der Waals surface area contributed by atoms with Gasteiger partial charge in [-0.25, -0.2) is 0 Å². The molecule has 1 aromatic rings. The molecule has 0 aliphatic rings. The van der Waals surface area contributed by atoms with Gasteiger partial charge in [0.05, 0.1) is 20.6 Å². The predicted molar refractivity (Wildman–Crippen MR) is 70.0 cm³/mol. The van der Waals surface area contributed by atoms with Gasteiger partial charge in [-0.2, -0.15) is 0 Å². The van der Waals surface area contributed by atoms with E-state index in [0.717, 1.165) is 5.56 Å². The van der Waals surface area contributed by atoms with Crippen molar-refractivity contribution in [1.82, 2.24) is 5.32 Å². The lowest BCUT2D eigenvalue weighted by molar-refractivity contribution is -0.126. The van der Waals surface area contributed by atoms with Crippen molar-refractivity contribution in [3.8, 4) is 11.5 Å². The van der Waals surface area contributed by atoms with Crippen molar-refractivity contribution in [2.75, 3.05) is 14.2 Å². The van der Waals surface area contributed by atoms with Crippen LogP contribution < -0.4 is 20.5 Å². The maximum absolute atomic E-state index is 11.7. The van der Waals surface area contributed by atoms with Crippen LogP contribution in [-0.4, -0.2) is 32.1 Å². The number of methoxy groups -OCH3 is 2. The Kier molecular flexibility index (Phi) is 5.17. The Morgan fingerprint density at radius 3 is 2.42 bits per heavy atom. The summed E-state index contributed by atoms with van der Waals surface area (Å²) in [5.74, 6) is 0.298. The van der Waals surface area contributed by atoms with Crippen LogP contribution in [0.25, 0.3) is 0 Å². The molecule has 2 amide bonds. The van der Waals surface area contributed by atoms with Crippen molar-refractivity contribution in [2.45, 2.75) is 19.4 Å². The fraction of sp³-hybridized carbons (Fsp3) is 0.385. The molecule has 0 saturated heterocycles. The molecule has 1 rings (SSSR count). The van der Waals surface area contributed by atoms with Crippen molar-refractivity contribution in [3.05, 3.63) is 23.8 Å². The van der Waals surface area contributed by atoms with Crippen molar-refractivity contribution in [2.24, 2.45) is 5.73 Å². The second-order valence-corrected chi connectivity index (χ2v) is 4.06. The lowest BCUT2D eigenvalue weighted by atomic mass is 10.1. The summed E-state index contributed by atoms with van der Waals surface area (Å²) in [6.07, 6.45) is 0.137. The number of nitrogens with two attached hydrogens (primary N) is 1. The van der Waals surface area contributed by atoms with E-state index in [1.807, 2.05) is 0 Å². The average molecular weight is 266 g/mol. The van der Waals surface area contributed by atoms with Gasteiger partial charge in [-0.05, 0) is 24.6 Å². The van der Waals surface area contributed by atoms with Gasteiger partial charge in [0.15, 0.2) is 11.5 Å². The minimum Gasteiger partial charge on any atom is -0.493 e. The predicted octanol–water partition coefficient (Wildman–Crippen LogP) is 0.236. The van der Waals surface area contributed by atoms with E-state index < -0.39 is 11.9 Å². The largest absolute Gasteiger partial charge is 0.493 e. The Labute approximate surface area is 111 Å². The van der Waals surface area contributed by atoms with Gasteiger partial charge in [-0.1, -0.05) is 6.07 Å². The third-order valence-electron chi connectivity index (χ3n) is 2.62. The molecular formula is C13H18N2O4. The Hall–Kier alpha value is -2.24. The molecule has 6 heteroatoms. The molecule has 1 unspecified atom stereocenters. The molecule has 0 bridgehead atoms. The van der Waals surface area contributed by atoms with E-state index in [0.29, 0.717) is 11.5 Å². The first-order valence-corrected chi connectivity index (χ1v) is 5.77. The zero-order valence-corrected chi connectivity index (χ0v) is 11.2. The quantitative estimate of drug-likeness (QED) is 0.771. The van der Waals surface area contributed by atoms with Crippen molar-refractivity contribution < 1.29 is 19.1 Å². The van der Waals surface area contributed by atoms with Crippen LogP contribution >= 0.6 is 0 Å². The third-order valence-corrected chi connectivity index (χ3v) is 2.62. The maximum Gasteiger partial charge on any atom is 0.239 e. The van der Waals surface area contributed by atoms with Crippen molar-refractivity contribution in [1.29, 1.82) is 0 Å². The van der Waals surface area contributed by atoms with Crippen LogP contribution in [0.1, 0.15) is 12.5 Å². The molecule has 0 aliphatic carbocycles. The molecule has 0 aliphatic heterocycles. The van der Waals surface area contributed by atoms with Gasteiger partial charge in [0.25, 0.3) is 0 Å². The summed E-state index contributed by atoms with van der Waals surface area (Å²) in [6, 6.07) is 4.51. The second-order valence-electron chi connectivity index (χ2n) is 4.06. The third kappa shape index (κ3) is 4.17. The van der Waals surface area contributed by atoms with E-state index in [9.17, 15) is 9.59 Å². The van der Waals surface area contributed by atoms with Gasteiger partial charge >= 0.3 is 0 Å². The smallest absolute Gasteiger partial charge is 0.239 e. The number of carbonyl (C=O) groups is 2. The number of benzene rings is 1. The molecule has 0 saturated carbocycles. The molecule has 0 radical (unpaired) electrons. The molecular weight excluding hydrogens is 248 g/mol. The molecule has 0 heterocycles. The summed E-state index contributed by atoms with van der Waals surface area (Å²) in [7, 11) is 3.07. The van der Waals surface area contributed by atoms with E-state index >= 15 is 0 Å². The van der Waals surface area contributed by atoms with E-state index in [1.165, 1.54) is 14.0 Å². The Balaban J connectivity index is 2.72. The molecule has 104 valence electrons. The Morgan fingerprint density at radius 1 is 1.26 bits per heavy atom. The SMILES string of the molecule is COc1ccc(CC(=O)NC(C)C(N)=O)cc1OC. The zero-order chi connectivity index (χ0) is 14.4. The van der Waals surface area contributed by atoms with Gasteiger partial charge in [-0.3, -0.25) is 9.59 Å². The molecule has 0 spiro atoms. The number of hydrogen-bond acceptors (Lipinski definition) is 4. The van der Waals surface area contributed by atoms with E-state index in [2.05, 4.69) is 5.32 Å². The van der Waals surface area contributed by atoms with Gasteiger partial charge in [0.1, 0.15) is 6.04 Å². The van der Waals surface area contributed by atoms with Crippen LogP contribution in [0.15, 0.2) is 18.2 Å². The Morgan fingerprint density at radius 2 is 1.89 bits per heavy atom. The Bertz CT molecular complexity index is 474. The summed E-state index contributed by atoms with van der Waals surface area (Å²) >= 11 is 0. The number of hydrogen-bond donors (Lipinski definition) is 2. The topological polar surface area (TPSA) is 90.6 Å². The summed E-state index contributed by atoms with van der Waals surface area (Å²) < 4.78 is 10.3. The number of carbonyl (C=O) groups excluding carboxylic acids is 2. The number of nitrogens with one attached hydrogen (secondary N) is 1. The van der Waals surface area contributed by atoms with Crippen LogP contribution in [-0.2, 0) is 16.0 Å². The summed E-state index contributed by atoms with van der Waals surface area (Å²) in [5.41, 5.74) is 5.83. The lowest BCUT2D eigenvalue weighted by Crippen LogP contribution is -2.42. The second kappa shape index (κ2) is 6.63. The van der Waals surface area contributed by atoms with Crippen molar-refractivity contribution >= 4 is 11.8 Å². The summed E-state index contributed by atoms with van der Waals surface area (Å²) in [6.45, 7) is 1.54. The summed E-state index contributed by atoms with van der Waals surface area (Å²) in [4.78, 5) is 22.5. The molecule has 0 aromatic heterocycles. The van der Waals surface area contributed by atoms with Crippen LogP contribution in [0.4, 0.5) is 0 Å². The number of rotatable bonds is 6. The first kappa shape index (κ1) is 14.8. The fourth-order valence-corrected chi connectivity index (χ4v) is 1.54. The van der Waals surface area contributed by atoms with Crippen molar-refractivity contribution in [3.63, 3.8) is 0 Å². The maximum atomic E-state index is 11.7. The van der Waals surface area contributed by atoms with Crippen LogP contribution in [0.3, 0.4) is 0 Å². The van der Waals surface area contributed by atoms with Gasteiger partial charge in [0.2, 0.25) is 11.8 Å². The molecule has 1 atom stereocenters. The molecule has 1 aromatic carbocycles.